The molecule has 0 amide bonds. The monoisotopic (exact) mass is 379 g/mol. The summed E-state index contributed by atoms with van der Waals surface area (Å²) in [7, 11) is 1.47. The molecule has 148 valence electrons. The minimum atomic E-state index is -0.972. The minimum absolute atomic E-state index is 0.194. The predicted octanol–water partition coefficient (Wildman–Crippen LogP) is 0.243. The lowest BCUT2D eigenvalue weighted by Crippen LogP contribution is -2.34. The number of aliphatic hydroxyl groups excluding tert-OH is 2. The number of anilines is 1. The van der Waals surface area contributed by atoms with Crippen LogP contribution in [0.4, 0.5) is 5.82 Å². The van der Waals surface area contributed by atoms with Gasteiger partial charge in [0.15, 0.2) is 23.2 Å². The van der Waals surface area contributed by atoms with Crippen LogP contribution >= 0.6 is 0 Å². The van der Waals surface area contributed by atoms with Crippen LogP contribution in [0.5, 0.6) is 6.01 Å². The predicted molar refractivity (Wildman–Crippen MR) is 95.0 cm³/mol. The molecule has 4 atom stereocenters. The van der Waals surface area contributed by atoms with Crippen molar-refractivity contribution < 1.29 is 24.4 Å². The number of imidazole rings is 1. The molecular formula is C17H25N5O5. The standard InChI is InChI=1S/C17H25N5O5/c1-25-13-12(24)10(6-23)27-16(13)22-8-19-11-14(18)20-17(21-15(11)22)26-7-9-4-2-3-5-9/h8-10,12-13,16,23-24H,2-7H2,1H3,(H2,18,20,21)/t10-,12-,13-,16-/m1/s1. The second-order valence-corrected chi connectivity index (χ2v) is 7.12. The SMILES string of the molecule is CO[C@@H]1[C@H](O)[C@@H](CO)O[C@H]1n1cnc2c(N)nc(OCC3CCCC3)nc21. The molecule has 0 spiro atoms. The molecule has 0 aromatic carbocycles. The number of rotatable bonds is 6. The molecule has 1 aliphatic carbocycles. The Labute approximate surface area is 156 Å². The van der Waals surface area contributed by atoms with Gasteiger partial charge in [-0.1, -0.05) is 12.8 Å². The highest BCUT2D eigenvalue weighted by molar-refractivity contribution is 5.82. The van der Waals surface area contributed by atoms with Crippen molar-refractivity contribution in [3.05, 3.63) is 6.33 Å². The Kier molecular flexibility index (Phi) is 5.13. The van der Waals surface area contributed by atoms with E-state index in [0.717, 1.165) is 12.8 Å². The molecule has 10 nitrogen and oxygen atoms in total. The van der Waals surface area contributed by atoms with E-state index in [1.165, 1.54) is 26.3 Å². The average molecular weight is 379 g/mol. The summed E-state index contributed by atoms with van der Waals surface area (Å²) < 4.78 is 18.5. The summed E-state index contributed by atoms with van der Waals surface area (Å²) in [6.45, 7) is 0.238. The van der Waals surface area contributed by atoms with Crippen LogP contribution in [0.1, 0.15) is 31.9 Å². The Morgan fingerprint density at radius 2 is 2.11 bits per heavy atom. The molecule has 0 radical (unpaired) electrons. The minimum Gasteiger partial charge on any atom is -0.463 e. The zero-order valence-electron chi connectivity index (χ0n) is 15.2. The first-order valence-electron chi connectivity index (χ1n) is 9.22. The van der Waals surface area contributed by atoms with Crippen LogP contribution in [-0.2, 0) is 9.47 Å². The number of hydrogen-bond acceptors (Lipinski definition) is 9. The van der Waals surface area contributed by atoms with Crippen LogP contribution in [0.25, 0.3) is 11.2 Å². The van der Waals surface area contributed by atoms with Crippen LogP contribution in [0.3, 0.4) is 0 Å². The molecule has 10 heteroatoms. The number of hydrogen-bond donors (Lipinski definition) is 3. The first-order valence-corrected chi connectivity index (χ1v) is 9.22. The van der Waals surface area contributed by atoms with Crippen molar-refractivity contribution in [1.29, 1.82) is 0 Å². The number of aliphatic hydroxyl groups is 2. The van der Waals surface area contributed by atoms with E-state index in [2.05, 4.69) is 15.0 Å². The third-order valence-corrected chi connectivity index (χ3v) is 5.39. The second kappa shape index (κ2) is 7.55. The van der Waals surface area contributed by atoms with Crippen molar-refractivity contribution in [2.45, 2.75) is 50.2 Å². The Hall–Kier alpha value is -2.01. The first-order chi connectivity index (χ1) is 13.1. The van der Waals surface area contributed by atoms with Crippen molar-refractivity contribution >= 4 is 17.0 Å². The van der Waals surface area contributed by atoms with Crippen LogP contribution in [-0.4, -0.2) is 68.4 Å². The van der Waals surface area contributed by atoms with E-state index in [-0.39, 0.29) is 18.4 Å². The van der Waals surface area contributed by atoms with Gasteiger partial charge in [0.2, 0.25) is 0 Å². The number of nitrogens with two attached hydrogens (primary N) is 1. The zero-order valence-corrected chi connectivity index (χ0v) is 15.2. The van der Waals surface area contributed by atoms with Gasteiger partial charge in [0.05, 0.1) is 19.5 Å². The van der Waals surface area contributed by atoms with Gasteiger partial charge < -0.3 is 30.2 Å². The van der Waals surface area contributed by atoms with Gasteiger partial charge in [-0.3, -0.25) is 4.57 Å². The second-order valence-electron chi connectivity index (χ2n) is 7.12. The fourth-order valence-electron chi connectivity index (χ4n) is 3.89. The van der Waals surface area contributed by atoms with Crippen LogP contribution in [0.15, 0.2) is 6.33 Å². The molecule has 4 N–H and O–H groups in total. The molecule has 0 unspecified atom stereocenters. The summed E-state index contributed by atoms with van der Waals surface area (Å²) in [5.74, 6) is 0.735. The average Bonchev–Trinajstić information content (AvgIpc) is 3.38. The highest BCUT2D eigenvalue weighted by atomic mass is 16.6. The van der Waals surface area contributed by atoms with E-state index < -0.39 is 24.5 Å². The number of methoxy groups -OCH3 is 1. The molecule has 2 aliphatic rings. The van der Waals surface area contributed by atoms with Crippen molar-refractivity contribution in [3.63, 3.8) is 0 Å². The third-order valence-electron chi connectivity index (χ3n) is 5.39. The Bertz CT molecular complexity index is 793. The van der Waals surface area contributed by atoms with Gasteiger partial charge in [0.1, 0.15) is 18.3 Å². The lowest BCUT2D eigenvalue weighted by molar-refractivity contribution is -0.0583. The van der Waals surface area contributed by atoms with Crippen molar-refractivity contribution in [3.8, 4) is 6.01 Å². The quantitative estimate of drug-likeness (QED) is 0.644. The molecule has 1 saturated heterocycles. The summed E-state index contributed by atoms with van der Waals surface area (Å²) in [5.41, 5.74) is 6.88. The Morgan fingerprint density at radius 3 is 2.81 bits per heavy atom. The lowest BCUT2D eigenvalue weighted by Gasteiger charge is -2.20. The summed E-state index contributed by atoms with van der Waals surface area (Å²) >= 11 is 0. The normalized spacial score (nSPS) is 29.0. The number of nitrogens with zero attached hydrogens (tertiary/aromatic N) is 4. The lowest BCUT2D eigenvalue weighted by atomic mass is 10.1. The summed E-state index contributed by atoms with van der Waals surface area (Å²) in [5, 5.41) is 19.7. The van der Waals surface area contributed by atoms with E-state index in [9.17, 15) is 10.2 Å². The van der Waals surface area contributed by atoms with Crippen LogP contribution in [0.2, 0.25) is 0 Å². The molecule has 2 fully saturated rings. The number of nitrogen functional groups attached to an aromatic ring is 1. The molecule has 1 saturated carbocycles. The fourth-order valence-corrected chi connectivity index (χ4v) is 3.89. The fraction of sp³-hybridized carbons (Fsp3) is 0.706. The highest BCUT2D eigenvalue weighted by Crippen LogP contribution is 2.34. The summed E-state index contributed by atoms with van der Waals surface area (Å²) in [6, 6.07) is 0.194. The molecule has 0 bridgehead atoms. The Balaban J connectivity index is 1.63. The largest absolute Gasteiger partial charge is 0.463 e. The Morgan fingerprint density at radius 1 is 1.33 bits per heavy atom. The van der Waals surface area contributed by atoms with Gasteiger partial charge in [-0.05, 0) is 18.8 Å². The molecule has 27 heavy (non-hydrogen) atoms. The van der Waals surface area contributed by atoms with E-state index in [0.29, 0.717) is 23.7 Å². The summed E-state index contributed by atoms with van der Waals surface area (Å²) in [4.78, 5) is 12.9. The molecule has 3 heterocycles. The van der Waals surface area contributed by atoms with Gasteiger partial charge in [-0.15, -0.1) is 0 Å². The van der Waals surface area contributed by atoms with Crippen molar-refractivity contribution in [2.24, 2.45) is 5.92 Å². The van der Waals surface area contributed by atoms with Gasteiger partial charge in [0, 0.05) is 7.11 Å². The van der Waals surface area contributed by atoms with E-state index in [4.69, 9.17) is 19.9 Å². The smallest absolute Gasteiger partial charge is 0.320 e. The zero-order chi connectivity index (χ0) is 19.0. The van der Waals surface area contributed by atoms with Gasteiger partial charge in [-0.25, -0.2) is 4.98 Å². The number of fused-ring (bicyclic) bond motifs is 1. The maximum absolute atomic E-state index is 10.3. The molecule has 4 rings (SSSR count). The third kappa shape index (κ3) is 3.33. The van der Waals surface area contributed by atoms with Crippen LogP contribution < -0.4 is 10.5 Å². The summed E-state index contributed by atoms with van der Waals surface area (Å²) in [6.07, 6.45) is 3.17. The van der Waals surface area contributed by atoms with Gasteiger partial charge in [-0.2, -0.15) is 9.97 Å². The maximum atomic E-state index is 10.3. The maximum Gasteiger partial charge on any atom is 0.320 e. The number of aromatic nitrogens is 4. The van der Waals surface area contributed by atoms with Crippen molar-refractivity contribution in [1.82, 2.24) is 19.5 Å². The molecular weight excluding hydrogens is 354 g/mol. The van der Waals surface area contributed by atoms with E-state index >= 15 is 0 Å². The highest BCUT2D eigenvalue weighted by Gasteiger charge is 2.45. The van der Waals surface area contributed by atoms with E-state index in [1.54, 1.807) is 4.57 Å². The molecule has 2 aromatic rings. The number of ether oxygens (including phenoxy) is 3. The molecule has 1 aliphatic heterocycles. The van der Waals surface area contributed by atoms with Crippen molar-refractivity contribution in [2.75, 3.05) is 26.1 Å². The van der Waals surface area contributed by atoms with E-state index in [1.807, 2.05) is 0 Å². The van der Waals surface area contributed by atoms with Gasteiger partial charge in [0.25, 0.3) is 0 Å². The first kappa shape index (κ1) is 18.4. The van der Waals surface area contributed by atoms with Gasteiger partial charge >= 0.3 is 6.01 Å². The van der Waals surface area contributed by atoms with Crippen LogP contribution in [0, 0.1) is 5.92 Å². The topological polar surface area (TPSA) is 138 Å². The molecule has 2 aromatic heterocycles.